The minimum atomic E-state index is 0.0963. The molecular weight excluding hydrogens is 250 g/mol. The summed E-state index contributed by atoms with van der Waals surface area (Å²) < 4.78 is 7.93. The third-order valence-corrected chi connectivity index (χ3v) is 6.53. The van der Waals surface area contributed by atoms with E-state index in [1.165, 1.54) is 25.0 Å². The van der Waals surface area contributed by atoms with Crippen LogP contribution >= 0.6 is 0 Å². The van der Waals surface area contributed by atoms with Gasteiger partial charge in [0.15, 0.2) is 0 Å². The molecule has 5 rings (SSSR count). The number of nitrogens with two attached hydrogens (primary N) is 1. The number of nitrogens with zero attached hydrogens (tertiary/aromatic N) is 2. The minimum Gasteiger partial charge on any atom is -0.381 e. The molecule has 4 fully saturated rings. The van der Waals surface area contributed by atoms with Gasteiger partial charge in [0, 0.05) is 24.8 Å². The summed E-state index contributed by atoms with van der Waals surface area (Å²) >= 11 is 0. The number of ether oxygens (including phenoxy) is 1. The molecule has 1 saturated heterocycles. The molecule has 2 bridgehead atoms. The lowest BCUT2D eigenvalue weighted by Crippen LogP contribution is -2.24. The summed E-state index contributed by atoms with van der Waals surface area (Å²) in [6, 6.07) is 0.811. The van der Waals surface area contributed by atoms with E-state index in [4.69, 9.17) is 10.5 Å². The molecule has 20 heavy (non-hydrogen) atoms. The van der Waals surface area contributed by atoms with Gasteiger partial charge in [-0.15, -0.1) is 0 Å². The van der Waals surface area contributed by atoms with Crippen LogP contribution in [0.15, 0.2) is 12.5 Å². The Morgan fingerprint density at radius 3 is 2.75 bits per heavy atom. The summed E-state index contributed by atoms with van der Waals surface area (Å²) in [7, 11) is 0. The van der Waals surface area contributed by atoms with Gasteiger partial charge in [-0.1, -0.05) is 0 Å². The van der Waals surface area contributed by atoms with E-state index >= 15 is 0 Å². The predicted octanol–water partition coefficient (Wildman–Crippen LogP) is 2.14. The molecule has 1 aromatic rings. The van der Waals surface area contributed by atoms with Gasteiger partial charge < -0.3 is 15.0 Å². The van der Waals surface area contributed by atoms with Gasteiger partial charge in [-0.2, -0.15) is 0 Å². The van der Waals surface area contributed by atoms with Crippen molar-refractivity contribution >= 4 is 0 Å². The van der Waals surface area contributed by atoms with E-state index < -0.39 is 0 Å². The highest BCUT2D eigenvalue weighted by atomic mass is 16.5. The Morgan fingerprint density at radius 2 is 2.05 bits per heavy atom. The normalized spacial score (nSPS) is 46.6. The molecule has 1 aliphatic heterocycles. The zero-order valence-corrected chi connectivity index (χ0v) is 11.8. The van der Waals surface area contributed by atoms with E-state index in [2.05, 4.69) is 9.55 Å². The van der Waals surface area contributed by atoms with Gasteiger partial charge in [0.2, 0.25) is 0 Å². The molecule has 0 spiro atoms. The van der Waals surface area contributed by atoms with Gasteiger partial charge in [-0.25, -0.2) is 4.98 Å². The zero-order chi connectivity index (χ0) is 13.3. The van der Waals surface area contributed by atoms with E-state index in [-0.39, 0.29) is 6.04 Å². The quantitative estimate of drug-likeness (QED) is 0.918. The van der Waals surface area contributed by atoms with Gasteiger partial charge in [-0.05, 0) is 49.4 Å². The number of imidazole rings is 1. The van der Waals surface area contributed by atoms with E-state index in [0.717, 1.165) is 43.3 Å². The second-order valence-corrected chi connectivity index (χ2v) is 7.35. The Morgan fingerprint density at radius 1 is 1.25 bits per heavy atom. The summed E-state index contributed by atoms with van der Waals surface area (Å²) in [6.45, 7) is 1.68. The van der Waals surface area contributed by atoms with Gasteiger partial charge in [-0.3, -0.25) is 0 Å². The highest BCUT2D eigenvalue weighted by Crippen LogP contribution is 2.71. The fourth-order valence-electron chi connectivity index (χ4n) is 5.55. The van der Waals surface area contributed by atoms with Crippen molar-refractivity contribution in [1.29, 1.82) is 0 Å². The fraction of sp³-hybridized carbons (Fsp3) is 0.812. The summed E-state index contributed by atoms with van der Waals surface area (Å²) in [5.74, 6) is 4.34. The van der Waals surface area contributed by atoms with E-state index in [0.29, 0.717) is 12.0 Å². The Kier molecular flexibility index (Phi) is 2.40. The molecule has 3 aliphatic carbocycles. The van der Waals surface area contributed by atoms with Crippen LogP contribution in [-0.2, 0) is 4.74 Å². The summed E-state index contributed by atoms with van der Waals surface area (Å²) in [6.07, 6.45) is 9.56. The fourth-order valence-corrected chi connectivity index (χ4v) is 5.55. The van der Waals surface area contributed by atoms with E-state index in [1.54, 1.807) is 0 Å². The summed E-state index contributed by atoms with van der Waals surface area (Å²) in [5, 5.41) is 0. The van der Waals surface area contributed by atoms with Crippen molar-refractivity contribution in [3.8, 4) is 0 Å². The van der Waals surface area contributed by atoms with Crippen molar-refractivity contribution < 1.29 is 4.74 Å². The second-order valence-electron chi connectivity index (χ2n) is 7.35. The minimum absolute atomic E-state index is 0.0963. The molecule has 0 aromatic carbocycles. The van der Waals surface area contributed by atoms with Crippen LogP contribution < -0.4 is 5.73 Å². The Balaban J connectivity index is 1.42. The van der Waals surface area contributed by atoms with Gasteiger partial charge in [0.25, 0.3) is 0 Å². The predicted molar refractivity (Wildman–Crippen MR) is 74.9 cm³/mol. The lowest BCUT2D eigenvalue weighted by Gasteiger charge is -2.21. The molecule has 4 nitrogen and oxygen atoms in total. The average molecular weight is 273 g/mol. The molecule has 6 unspecified atom stereocenters. The first kappa shape index (κ1) is 11.8. The first-order chi connectivity index (χ1) is 9.84. The standard InChI is InChI=1S/C16H23N3O/c17-15(11-3-4-20-7-11)12-6-18-8-19(12)16-13-9-1-2-10(5-9)14(13)16/h6,8-11,13-16H,1-5,7,17H2. The molecule has 4 heteroatoms. The number of fused-ring (bicyclic) bond motifs is 5. The maximum atomic E-state index is 6.51. The van der Waals surface area contributed by atoms with Crippen molar-refractivity contribution in [2.24, 2.45) is 35.3 Å². The first-order valence-corrected chi connectivity index (χ1v) is 8.19. The highest BCUT2D eigenvalue weighted by molar-refractivity contribution is 5.20. The van der Waals surface area contributed by atoms with Crippen LogP contribution in [0.25, 0.3) is 0 Å². The van der Waals surface area contributed by atoms with Crippen molar-refractivity contribution in [2.45, 2.75) is 37.8 Å². The van der Waals surface area contributed by atoms with Crippen LogP contribution in [0.4, 0.5) is 0 Å². The molecular formula is C16H23N3O. The maximum Gasteiger partial charge on any atom is 0.0951 e. The molecule has 2 N–H and O–H groups in total. The van der Waals surface area contributed by atoms with Crippen molar-refractivity contribution in [3.63, 3.8) is 0 Å². The monoisotopic (exact) mass is 273 g/mol. The Hall–Kier alpha value is -0.870. The van der Waals surface area contributed by atoms with Crippen LogP contribution in [0.1, 0.15) is 43.5 Å². The van der Waals surface area contributed by atoms with Crippen molar-refractivity contribution in [2.75, 3.05) is 13.2 Å². The molecule has 3 saturated carbocycles. The summed E-state index contributed by atoms with van der Waals surface area (Å²) in [4.78, 5) is 4.42. The van der Waals surface area contributed by atoms with E-state index in [1.807, 2.05) is 12.5 Å². The lowest BCUT2D eigenvalue weighted by atomic mass is 9.97. The van der Waals surface area contributed by atoms with Gasteiger partial charge in [0.05, 0.1) is 24.7 Å². The number of hydrogen-bond acceptors (Lipinski definition) is 3. The Labute approximate surface area is 119 Å². The van der Waals surface area contributed by atoms with Crippen molar-refractivity contribution in [3.05, 3.63) is 18.2 Å². The van der Waals surface area contributed by atoms with Crippen LogP contribution in [-0.4, -0.2) is 22.8 Å². The van der Waals surface area contributed by atoms with Crippen LogP contribution in [0, 0.1) is 29.6 Å². The molecule has 0 amide bonds. The first-order valence-electron chi connectivity index (χ1n) is 8.19. The van der Waals surface area contributed by atoms with Gasteiger partial charge in [0.1, 0.15) is 0 Å². The highest BCUT2D eigenvalue weighted by Gasteiger charge is 2.66. The van der Waals surface area contributed by atoms with E-state index in [9.17, 15) is 0 Å². The smallest absolute Gasteiger partial charge is 0.0951 e. The maximum absolute atomic E-state index is 6.51. The topological polar surface area (TPSA) is 53.1 Å². The SMILES string of the molecule is NC(c1cncn1C1C2C3CCC(C3)C21)C1CCOC1. The molecule has 2 heterocycles. The molecule has 6 atom stereocenters. The van der Waals surface area contributed by atoms with Crippen LogP contribution in [0.2, 0.25) is 0 Å². The number of hydrogen-bond donors (Lipinski definition) is 1. The number of rotatable bonds is 3. The molecule has 4 aliphatic rings. The molecule has 108 valence electrons. The summed E-state index contributed by atoms with van der Waals surface area (Å²) in [5.41, 5.74) is 7.75. The number of aromatic nitrogens is 2. The largest absolute Gasteiger partial charge is 0.381 e. The average Bonchev–Trinajstić information content (AvgIpc) is 3.07. The Bertz CT molecular complexity index is 506. The van der Waals surface area contributed by atoms with Crippen LogP contribution in [0.5, 0.6) is 0 Å². The van der Waals surface area contributed by atoms with Crippen molar-refractivity contribution in [1.82, 2.24) is 9.55 Å². The third-order valence-electron chi connectivity index (χ3n) is 6.53. The third kappa shape index (κ3) is 1.47. The molecule has 0 radical (unpaired) electrons. The zero-order valence-electron chi connectivity index (χ0n) is 11.8. The second kappa shape index (κ2) is 4.08. The van der Waals surface area contributed by atoms with Crippen LogP contribution in [0.3, 0.4) is 0 Å². The molecule has 1 aromatic heterocycles. The van der Waals surface area contributed by atoms with Gasteiger partial charge >= 0.3 is 0 Å². The lowest BCUT2D eigenvalue weighted by molar-refractivity contribution is 0.180.